The molecular formula is C15H11N3O3S. The van der Waals surface area contributed by atoms with Crippen molar-refractivity contribution in [3.63, 3.8) is 0 Å². The van der Waals surface area contributed by atoms with Gasteiger partial charge in [-0.3, -0.25) is 14.9 Å². The Hall–Kier alpha value is -2.54. The Labute approximate surface area is 128 Å². The summed E-state index contributed by atoms with van der Waals surface area (Å²) in [4.78, 5) is 26.7. The Balaban J connectivity index is 1.64. The number of amides is 1. The fraction of sp³-hybridized carbons (Fsp3) is 0.200. The standard InChI is InChI=1S/C15H11N3O3S/c19-14(10-7-11(10)18(20)21)17-15-16-13-9-4-2-1-3-8(9)5-6-12(13)22-15/h1-6,10-11H,7H2,(H,16,17,19)/t10-,11-/m1/s1. The second-order valence-corrected chi connectivity index (χ2v) is 6.37. The van der Waals surface area contributed by atoms with Crippen molar-refractivity contribution in [2.24, 2.45) is 5.92 Å². The average Bonchev–Trinajstić information content (AvgIpc) is 3.22. The maximum Gasteiger partial charge on any atom is 0.236 e. The SMILES string of the molecule is O=C(Nc1nc2c(ccc3ccccc32)s1)[C@@H]1C[C@H]1[N+](=O)[O-]. The minimum absolute atomic E-state index is 0.312. The van der Waals surface area contributed by atoms with E-state index in [0.717, 1.165) is 21.0 Å². The van der Waals surface area contributed by atoms with Gasteiger partial charge in [-0.25, -0.2) is 4.98 Å². The third kappa shape index (κ3) is 2.10. The molecule has 0 aliphatic heterocycles. The lowest BCUT2D eigenvalue weighted by Gasteiger charge is -1.98. The maximum atomic E-state index is 12.0. The zero-order valence-corrected chi connectivity index (χ0v) is 12.2. The van der Waals surface area contributed by atoms with Gasteiger partial charge in [-0.15, -0.1) is 0 Å². The van der Waals surface area contributed by atoms with Crippen LogP contribution in [0.4, 0.5) is 5.13 Å². The molecule has 6 nitrogen and oxygen atoms in total. The van der Waals surface area contributed by atoms with Crippen molar-refractivity contribution in [2.75, 3.05) is 5.32 Å². The van der Waals surface area contributed by atoms with E-state index in [1.54, 1.807) is 0 Å². The van der Waals surface area contributed by atoms with Crippen LogP contribution in [0.3, 0.4) is 0 Å². The molecule has 2 atom stereocenters. The van der Waals surface area contributed by atoms with Crippen molar-refractivity contribution in [1.29, 1.82) is 0 Å². The number of rotatable bonds is 3. The van der Waals surface area contributed by atoms with Gasteiger partial charge in [0.1, 0.15) is 5.92 Å². The number of nitrogens with one attached hydrogen (secondary N) is 1. The van der Waals surface area contributed by atoms with Crippen LogP contribution in [-0.2, 0) is 4.79 Å². The van der Waals surface area contributed by atoms with E-state index in [1.165, 1.54) is 11.3 Å². The third-order valence-corrected chi connectivity index (χ3v) is 4.81. The number of thiazole rings is 1. The quantitative estimate of drug-likeness (QED) is 0.595. The highest BCUT2D eigenvalue weighted by atomic mass is 32.1. The zero-order valence-electron chi connectivity index (χ0n) is 11.4. The first-order chi connectivity index (χ1) is 10.6. The summed E-state index contributed by atoms with van der Waals surface area (Å²) in [6.45, 7) is 0. The van der Waals surface area contributed by atoms with Crippen LogP contribution in [0.1, 0.15) is 6.42 Å². The molecule has 3 aromatic rings. The highest BCUT2D eigenvalue weighted by molar-refractivity contribution is 7.22. The molecule has 0 spiro atoms. The predicted octanol–water partition coefficient (Wildman–Crippen LogP) is 3.05. The predicted molar refractivity (Wildman–Crippen MR) is 84.6 cm³/mol. The highest BCUT2D eigenvalue weighted by Crippen LogP contribution is 2.36. The Morgan fingerprint density at radius 2 is 2.14 bits per heavy atom. The van der Waals surface area contributed by atoms with Gasteiger partial charge in [0, 0.05) is 16.7 Å². The van der Waals surface area contributed by atoms with Crippen molar-refractivity contribution in [1.82, 2.24) is 4.98 Å². The number of benzene rings is 2. The molecule has 0 radical (unpaired) electrons. The number of hydrogen-bond acceptors (Lipinski definition) is 5. The van der Waals surface area contributed by atoms with E-state index < -0.39 is 16.9 Å². The van der Waals surface area contributed by atoms with Gasteiger partial charge in [0.05, 0.1) is 10.2 Å². The summed E-state index contributed by atoms with van der Waals surface area (Å²) in [7, 11) is 0. The Morgan fingerprint density at radius 1 is 1.32 bits per heavy atom. The minimum atomic E-state index is -0.741. The molecule has 0 bridgehead atoms. The minimum Gasteiger partial charge on any atom is -0.301 e. The molecule has 7 heteroatoms. The largest absolute Gasteiger partial charge is 0.301 e. The molecule has 1 aliphatic rings. The monoisotopic (exact) mass is 313 g/mol. The van der Waals surface area contributed by atoms with Gasteiger partial charge in [-0.2, -0.15) is 0 Å². The molecule has 1 aliphatic carbocycles. The second-order valence-electron chi connectivity index (χ2n) is 5.34. The second kappa shape index (κ2) is 4.74. The number of nitrogens with zero attached hydrogens (tertiary/aromatic N) is 2. The normalized spacial score (nSPS) is 20.2. The average molecular weight is 313 g/mol. The Kier molecular flexibility index (Phi) is 2.83. The lowest BCUT2D eigenvalue weighted by atomic mass is 10.1. The molecular weight excluding hydrogens is 302 g/mol. The van der Waals surface area contributed by atoms with Crippen LogP contribution in [0, 0.1) is 16.0 Å². The smallest absolute Gasteiger partial charge is 0.236 e. The van der Waals surface area contributed by atoms with Crippen LogP contribution in [0.5, 0.6) is 0 Å². The fourth-order valence-electron chi connectivity index (χ4n) is 2.61. The van der Waals surface area contributed by atoms with Crippen LogP contribution in [0.25, 0.3) is 21.0 Å². The summed E-state index contributed by atoms with van der Waals surface area (Å²) in [6, 6.07) is 11.2. The Bertz CT molecular complexity index is 921. The summed E-state index contributed by atoms with van der Waals surface area (Å²) in [5.74, 6) is -0.844. The van der Waals surface area contributed by atoms with E-state index in [0.29, 0.717) is 11.6 Å². The van der Waals surface area contributed by atoms with Gasteiger partial charge >= 0.3 is 0 Å². The molecule has 0 unspecified atom stereocenters. The number of hydrogen-bond donors (Lipinski definition) is 1. The molecule has 1 aromatic heterocycles. The van der Waals surface area contributed by atoms with Gasteiger partial charge in [0.15, 0.2) is 5.13 Å². The first-order valence-electron chi connectivity index (χ1n) is 6.86. The van der Waals surface area contributed by atoms with Gasteiger partial charge in [0.2, 0.25) is 11.9 Å². The summed E-state index contributed by atoms with van der Waals surface area (Å²) in [5, 5.41) is 16.0. The first-order valence-corrected chi connectivity index (χ1v) is 7.68. The lowest BCUT2D eigenvalue weighted by Crippen LogP contribution is -2.18. The first kappa shape index (κ1) is 13.1. The number of carbonyl (C=O) groups is 1. The van der Waals surface area contributed by atoms with Gasteiger partial charge in [-0.05, 0) is 11.5 Å². The fourth-order valence-corrected chi connectivity index (χ4v) is 3.49. The molecule has 4 rings (SSSR count). The number of nitro groups is 1. The van der Waals surface area contributed by atoms with Crippen molar-refractivity contribution in [3.8, 4) is 0 Å². The molecule has 0 saturated heterocycles. The maximum absolute atomic E-state index is 12.0. The topological polar surface area (TPSA) is 85.1 Å². The molecule has 22 heavy (non-hydrogen) atoms. The van der Waals surface area contributed by atoms with E-state index in [-0.39, 0.29) is 5.91 Å². The number of carbonyl (C=O) groups excluding carboxylic acids is 1. The molecule has 1 heterocycles. The molecule has 1 saturated carbocycles. The van der Waals surface area contributed by atoms with Crippen molar-refractivity contribution in [3.05, 3.63) is 46.5 Å². The molecule has 1 amide bonds. The van der Waals surface area contributed by atoms with Crippen LogP contribution in [0.2, 0.25) is 0 Å². The Morgan fingerprint density at radius 3 is 2.91 bits per heavy atom. The van der Waals surface area contributed by atoms with Crippen molar-refractivity contribution >= 4 is 43.4 Å². The zero-order chi connectivity index (χ0) is 15.3. The number of aromatic nitrogens is 1. The third-order valence-electron chi connectivity index (χ3n) is 3.88. The number of fused-ring (bicyclic) bond motifs is 3. The highest BCUT2D eigenvalue weighted by Gasteiger charge is 2.53. The van der Waals surface area contributed by atoms with Crippen molar-refractivity contribution < 1.29 is 9.72 Å². The van der Waals surface area contributed by atoms with Gasteiger partial charge < -0.3 is 5.32 Å². The molecule has 1 fully saturated rings. The van der Waals surface area contributed by atoms with E-state index in [2.05, 4.69) is 10.3 Å². The van der Waals surface area contributed by atoms with Crippen LogP contribution in [-0.4, -0.2) is 21.9 Å². The van der Waals surface area contributed by atoms with Crippen LogP contribution in [0.15, 0.2) is 36.4 Å². The summed E-state index contributed by atoms with van der Waals surface area (Å²) in [5.41, 5.74) is 0.847. The molecule has 1 N–H and O–H groups in total. The summed E-state index contributed by atoms with van der Waals surface area (Å²) < 4.78 is 0.982. The molecule has 2 aromatic carbocycles. The summed E-state index contributed by atoms with van der Waals surface area (Å²) >= 11 is 1.38. The van der Waals surface area contributed by atoms with Gasteiger partial charge in [-0.1, -0.05) is 41.7 Å². The van der Waals surface area contributed by atoms with Crippen LogP contribution < -0.4 is 5.32 Å². The molecule has 110 valence electrons. The van der Waals surface area contributed by atoms with E-state index >= 15 is 0 Å². The lowest BCUT2D eigenvalue weighted by molar-refractivity contribution is -0.497. The van der Waals surface area contributed by atoms with Crippen molar-refractivity contribution in [2.45, 2.75) is 12.5 Å². The van der Waals surface area contributed by atoms with E-state index in [4.69, 9.17) is 0 Å². The van der Waals surface area contributed by atoms with E-state index in [9.17, 15) is 14.9 Å². The van der Waals surface area contributed by atoms with Crippen LogP contribution >= 0.6 is 11.3 Å². The summed E-state index contributed by atoms with van der Waals surface area (Å²) in [6.07, 6.45) is 0.312. The number of anilines is 1. The van der Waals surface area contributed by atoms with Gasteiger partial charge in [0.25, 0.3) is 0 Å². The van der Waals surface area contributed by atoms with E-state index in [1.807, 2.05) is 36.4 Å².